The fourth-order valence-corrected chi connectivity index (χ4v) is 7.86. The molecule has 0 fully saturated rings. The van der Waals surface area contributed by atoms with E-state index in [0.29, 0.717) is 0 Å². The normalized spacial score (nSPS) is 20.7. The lowest BCUT2D eigenvalue weighted by Gasteiger charge is -2.60. The van der Waals surface area contributed by atoms with E-state index in [9.17, 15) is 0 Å². The monoisotopic (exact) mass is 460 g/mol. The molecule has 4 unspecified atom stereocenters. The first-order valence-corrected chi connectivity index (χ1v) is 13.7. The van der Waals surface area contributed by atoms with Crippen molar-refractivity contribution in [1.29, 1.82) is 0 Å². The summed E-state index contributed by atoms with van der Waals surface area (Å²) < 4.78 is 20.9. The van der Waals surface area contributed by atoms with Crippen LogP contribution in [-0.4, -0.2) is 31.6 Å². The van der Waals surface area contributed by atoms with Gasteiger partial charge < -0.3 is 9.44 Å². The van der Waals surface area contributed by atoms with Gasteiger partial charge in [-0.3, -0.25) is 8.73 Å². The van der Waals surface area contributed by atoms with Gasteiger partial charge >= 0.3 is 0 Å². The van der Waals surface area contributed by atoms with E-state index >= 15 is 0 Å². The smallest absolute Gasteiger partial charge is 0.0574 e. The number of hydrogen-bond donors (Lipinski definition) is 0. The summed E-state index contributed by atoms with van der Waals surface area (Å²) in [5.41, 5.74) is -0.596. The van der Waals surface area contributed by atoms with Crippen molar-refractivity contribution in [3.05, 3.63) is 9.44 Å². The van der Waals surface area contributed by atoms with E-state index in [1.165, 1.54) is 0 Å². The van der Waals surface area contributed by atoms with E-state index in [-0.39, 0.29) is 31.6 Å². The number of rotatable bonds is 7. The first-order valence-electron chi connectivity index (χ1n) is 11.4. The maximum absolute atomic E-state index is 5.31. The first-order chi connectivity index (χ1) is 13.0. The van der Waals surface area contributed by atoms with Crippen molar-refractivity contribution in [2.24, 2.45) is 8.73 Å². The molecule has 0 bridgehead atoms. The van der Waals surface area contributed by atoms with Crippen LogP contribution in [0.1, 0.15) is 124 Å². The Kier molecular flexibility index (Phi) is 10.1. The highest BCUT2D eigenvalue weighted by Gasteiger charge is 2.44. The molecule has 4 atom stereocenters. The van der Waals surface area contributed by atoms with Crippen molar-refractivity contribution in [1.82, 2.24) is 0 Å². The van der Waals surface area contributed by atoms with Crippen LogP contribution in [-0.2, 0) is 21.8 Å². The summed E-state index contributed by atoms with van der Waals surface area (Å²) in [5, 5.41) is 0. The average Bonchev–Trinajstić information content (AvgIpc) is 2.46. The first kappa shape index (κ1) is 30.2. The molecule has 6 heteroatoms. The highest BCUT2D eigenvalue weighted by molar-refractivity contribution is 7.95. The third-order valence-electron chi connectivity index (χ3n) is 4.72. The predicted molar refractivity (Wildman–Crippen MR) is 143 cm³/mol. The Morgan fingerprint density at radius 3 is 0.867 bits per heavy atom. The zero-order valence-electron chi connectivity index (χ0n) is 23.0. The second-order valence-corrected chi connectivity index (χ2v) is 16.3. The molecule has 0 N–H and O–H groups in total. The van der Waals surface area contributed by atoms with Crippen LogP contribution >= 0.6 is 0 Å². The highest BCUT2D eigenvalue weighted by Crippen LogP contribution is 2.47. The van der Waals surface area contributed by atoms with Crippen LogP contribution in [0, 0.1) is 0 Å². The van der Waals surface area contributed by atoms with Crippen LogP contribution in [0.25, 0.3) is 9.44 Å². The summed E-state index contributed by atoms with van der Waals surface area (Å²) >= 11 is 0. The Bertz CT molecular complexity index is 572. The SMILES string of the molecule is CCC(C)(S(=NC(C)(C)C)[N-]C(C)(C)C)C(C)(CC)S(=NC(C)(C)C)[N-]C(C)(C)C. The van der Waals surface area contributed by atoms with Gasteiger partial charge in [0.2, 0.25) is 0 Å². The Morgan fingerprint density at radius 2 is 0.733 bits per heavy atom. The molecule has 4 nitrogen and oxygen atoms in total. The van der Waals surface area contributed by atoms with Crippen molar-refractivity contribution in [3.8, 4) is 0 Å². The molecular formula is C24H52N4S2-2. The van der Waals surface area contributed by atoms with Gasteiger partial charge in [0, 0.05) is 9.49 Å². The lowest BCUT2D eigenvalue weighted by molar-refractivity contribution is 0.440. The minimum Gasteiger partial charge on any atom is -0.589 e. The Balaban J connectivity index is 7.03. The van der Waals surface area contributed by atoms with Gasteiger partial charge in [-0.1, -0.05) is 55.4 Å². The van der Waals surface area contributed by atoms with Gasteiger partial charge in [-0.15, -0.1) is 11.1 Å². The van der Waals surface area contributed by atoms with Crippen molar-refractivity contribution >= 4 is 21.8 Å². The molecule has 0 amide bonds. The Morgan fingerprint density at radius 1 is 0.500 bits per heavy atom. The molecule has 0 radical (unpaired) electrons. The second kappa shape index (κ2) is 10.0. The van der Waals surface area contributed by atoms with Crippen LogP contribution < -0.4 is 0 Å². The maximum Gasteiger partial charge on any atom is 0.0574 e. The van der Waals surface area contributed by atoms with Gasteiger partial charge in [-0.2, -0.15) is 21.8 Å². The zero-order chi connectivity index (χ0) is 24.4. The van der Waals surface area contributed by atoms with E-state index in [1.54, 1.807) is 0 Å². The molecule has 0 aliphatic rings. The van der Waals surface area contributed by atoms with Gasteiger partial charge in [-0.05, 0) is 68.2 Å². The largest absolute Gasteiger partial charge is 0.589 e. The van der Waals surface area contributed by atoms with Crippen molar-refractivity contribution in [2.75, 3.05) is 0 Å². The summed E-state index contributed by atoms with van der Waals surface area (Å²) in [5.74, 6) is 0. The molecule has 30 heavy (non-hydrogen) atoms. The maximum atomic E-state index is 5.31. The molecule has 0 heterocycles. The lowest BCUT2D eigenvalue weighted by Crippen LogP contribution is -2.56. The molecule has 0 aliphatic heterocycles. The topological polar surface area (TPSA) is 52.9 Å². The molecule has 0 aromatic rings. The minimum atomic E-state index is -0.477. The molecule has 0 spiro atoms. The van der Waals surface area contributed by atoms with Crippen molar-refractivity contribution in [3.63, 3.8) is 0 Å². The van der Waals surface area contributed by atoms with E-state index in [2.05, 4.69) is 111 Å². The van der Waals surface area contributed by atoms with Crippen molar-refractivity contribution < 1.29 is 0 Å². The van der Waals surface area contributed by atoms with Gasteiger partial charge in [0.05, 0.1) is 11.1 Å². The standard InChI is InChI=1S/C24H52N4S2/c1-17-23(15,29(25-19(3,4)5)26-20(6,7)8)24(16,18-2)30(27-21(9,10)11)28-22(12,13)14/h17-18H2,1-16H3/q-2. The summed E-state index contributed by atoms with van der Waals surface area (Å²) in [4.78, 5) is 0. The fourth-order valence-electron chi connectivity index (χ4n) is 2.87. The predicted octanol–water partition coefficient (Wildman–Crippen LogP) is 8.70. The van der Waals surface area contributed by atoms with Crippen LogP contribution in [0.4, 0.5) is 0 Å². The third kappa shape index (κ3) is 9.38. The quantitative estimate of drug-likeness (QED) is 0.365. The van der Waals surface area contributed by atoms with Gasteiger partial charge in [0.25, 0.3) is 0 Å². The van der Waals surface area contributed by atoms with Crippen LogP contribution in [0.2, 0.25) is 0 Å². The molecule has 0 aliphatic carbocycles. The van der Waals surface area contributed by atoms with Gasteiger partial charge in [0.1, 0.15) is 0 Å². The Labute approximate surface area is 195 Å². The van der Waals surface area contributed by atoms with Gasteiger partial charge in [-0.25, -0.2) is 0 Å². The fraction of sp³-hybridized carbons (Fsp3) is 1.00. The molecule has 0 saturated heterocycles. The molecule has 0 aromatic carbocycles. The minimum absolute atomic E-state index is 0.144. The average molecular weight is 461 g/mol. The third-order valence-corrected chi connectivity index (χ3v) is 10.8. The Hall–Kier alpha value is 0.220. The number of nitrogens with zero attached hydrogens (tertiary/aromatic N) is 4. The van der Waals surface area contributed by atoms with Gasteiger partial charge in [0.15, 0.2) is 0 Å². The summed E-state index contributed by atoms with van der Waals surface area (Å²) in [6.07, 6.45) is 1.98. The molecule has 182 valence electrons. The van der Waals surface area contributed by atoms with Crippen LogP contribution in [0.5, 0.6) is 0 Å². The molecular weight excluding hydrogens is 408 g/mol. The number of hydrogen-bond acceptors (Lipinski definition) is 2. The summed E-state index contributed by atoms with van der Waals surface area (Å²) in [7, 11) is -0.953. The summed E-state index contributed by atoms with van der Waals surface area (Å²) in [6, 6.07) is 0. The molecule has 0 saturated carbocycles. The van der Waals surface area contributed by atoms with E-state index in [0.717, 1.165) is 12.8 Å². The van der Waals surface area contributed by atoms with Crippen LogP contribution in [0.3, 0.4) is 0 Å². The van der Waals surface area contributed by atoms with Crippen LogP contribution in [0.15, 0.2) is 8.73 Å². The van der Waals surface area contributed by atoms with E-state index < -0.39 is 21.8 Å². The van der Waals surface area contributed by atoms with E-state index in [1.807, 2.05) is 0 Å². The van der Waals surface area contributed by atoms with E-state index in [4.69, 9.17) is 18.2 Å². The highest BCUT2D eigenvalue weighted by atomic mass is 32.2. The lowest BCUT2D eigenvalue weighted by atomic mass is 9.89. The molecule has 0 aromatic heterocycles. The molecule has 0 rings (SSSR count). The van der Waals surface area contributed by atoms with Crippen molar-refractivity contribution in [2.45, 2.75) is 155 Å². The second-order valence-electron chi connectivity index (χ2n) is 12.7. The zero-order valence-corrected chi connectivity index (χ0v) is 24.7. The summed E-state index contributed by atoms with van der Waals surface area (Å²) in [6.45, 7) is 35.6.